The van der Waals surface area contributed by atoms with Gasteiger partial charge in [-0.25, -0.2) is 0 Å². The van der Waals surface area contributed by atoms with Crippen molar-refractivity contribution in [3.05, 3.63) is 99.6 Å². The molecule has 28 heavy (non-hydrogen) atoms. The van der Waals surface area contributed by atoms with Crippen molar-refractivity contribution >= 4 is 28.9 Å². The standard InChI is InChI=1S/C21H17N3O4/c1-14-6-2-3-11-19(14)23-21(26)15-7-4-9-17(12-15)22-20(25)16-8-5-10-18(13-16)24(27)28/h2-13H,1H3,(H,22,25)(H,23,26). The second kappa shape index (κ2) is 8.13. The van der Waals surface area contributed by atoms with Gasteiger partial charge in [-0.1, -0.05) is 30.3 Å². The van der Waals surface area contributed by atoms with Crippen LogP contribution in [0.15, 0.2) is 72.8 Å². The molecule has 0 aliphatic carbocycles. The first kappa shape index (κ1) is 18.8. The second-order valence-electron chi connectivity index (χ2n) is 6.11. The summed E-state index contributed by atoms with van der Waals surface area (Å²) in [4.78, 5) is 35.2. The average Bonchev–Trinajstić information content (AvgIpc) is 2.70. The summed E-state index contributed by atoms with van der Waals surface area (Å²) >= 11 is 0. The molecule has 0 unspecified atom stereocenters. The molecule has 0 bridgehead atoms. The average molecular weight is 375 g/mol. The van der Waals surface area contributed by atoms with E-state index in [1.54, 1.807) is 30.3 Å². The molecule has 7 heteroatoms. The van der Waals surface area contributed by atoms with Gasteiger partial charge in [-0.2, -0.15) is 0 Å². The number of nitrogens with zero attached hydrogens (tertiary/aromatic N) is 1. The maximum absolute atomic E-state index is 12.5. The molecular formula is C21H17N3O4. The van der Waals surface area contributed by atoms with E-state index in [-0.39, 0.29) is 17.2 Å². The van der Waals surface area contributed by atoms with Gasteiger partial charge < -0.3 is 10.6 Å². The van der Waals surface area contributed by atoms with Crippen molar-refractivity contribution in [2.45, 2.75) is 6.92 Å². The number of anilines is 2. The minimum absolute atomic E-state index is 0.156. The van der Waals surface area contributed by atoms with Crippen LogP contribution >= 0.6 is 0 Å². The van der Waals surface area contributed by atoms with E-state index in [1.807, 2.05) is 25.1 Å². The summed E-state index contributed by atoms with van der Waals surface area (Å²) in [7, 11) is 0. The van der Waals surface area contributed by atoms with Crippen LogP contribution in [0.5, 0.6) is 0 Å². The molecule has 0 heterocycles. The summed E-state index contributed by atoms with van der Waals surface area (Å²) in [6, 6.07) is 19.3. The van der Waals surface area contributed by atoms with Gasteiger partial charge in [0.2, 0.25) is 0 Å². The van der Waals surface area contributed by atoms with Gasteiger partial charge in [0, 0.05) is 34.6 Å². The fourth-order valence-electron chi connectivity index (χ4n) is 2.61. The monoisotopic (exact) mass is 375 g/mol. The van der Waals surface area contributed by atoms with Gasteiger partial charge in [0.15, 0.2) is 0 Å². The molecule has 0 saturated carbocycles. The number of aryl methyl sites for hydroxylation is 1. The molecule has 7 nitrogen and oxygen atoms in total. The fraction of sp³-hybridized carbons (Fsp3) is 0.0476. The minimum atomic E-state index is -0.562. The Kier molecular flexibility index (Phi) is 5.45. The Hall–Kier alpha value is -4.00. The lowest BCUT2D eigenvalue weighted by molar-refractivity contribution is -0.384. The van der Waals surface area contributed by atoms with Gasteiger partial charge in [-0.05, 0) is 42.8 Å². The quantitative estimate of drug-likeness (QED) is 0.509. The lowest BCUT2D eigenvalue weighted by Crippen LogP contribution is -2.15. The number of benzene rings is 3. The largest absolute Gasteiger partial charge is 0.322 e. The lowest BCUT2D eigenvalue weighted by Gasteiger charge is -2.10. The van der Waals surface area contributed by atoms with Crippen LogP contribution in [-0.2, 0) is 0 Å². The molecule has 0 spiro atoms. The van der Waals surface area contributed by atoms with Crippen LogP contribution in [0, 0.1) is 17.0 Å². The first-order chi connectivity index (χ1) is 13.4. The number of rotatable bonds is 5. The van der Waals surface area contributed by atoms with Gasteiger partial charge in [-0.15, -0.1) is 0 Å². The molecule has 0 atom stereocenters. The maximum Gasteiger partial charge on any atom is 0.270 e. The number of para-hydroxylation sites is 1. The summed E-state index contributed by atoms with van der Waals surface area (Å²) in [6.07, 6.45) is 0. The van der Waals surface area contributed by atoms with Crippen LogP contribution in [0.3, 0.4) is 0 Å². The van der Waals surface area contributed by atoms with Crippen LogP contribution in [-0.4, -0.2) is 16.7 Å². The molecule has 0 aromatic heterocycles. The van der Waals surface area contributed by atoms with E-state index in [4.69, 9.17) is 0 Å². The van der Waals surface area contributed by atoms with Gasteiger partial charge in [-0.3, -0.25) is 19.7 Å². The Bertz CT molecular complexity index is 1060. The summed E-state index contributed by atoms with van der Waals surface area (Å²) in [5.41, 5.74) is 2.42. The van der Waals surface area contributed by atoms with Crippen molar-refractivity contribution in [3.63, 3.8) is 0 Å². The number of hydrogen-bond acceptors (Lipinski definition) is 4. The van der Waals surface area contributed by atoms with Crippen molar-refractivity contribution < 1.29 is 14.5 Å². The highest BCUT2D eigenvalue weighted by molar-refractivity contribution is 6.07. The summed E-state index contributed by atoms with van der Waals surface area (Å²) in [5, 5.41) is 16.3. The molecule has 3 aromatic carbocycles. The number of nitro benzene ring substituents is 1. The van der Waals surface area contributed by atoms with Crippen molar-refractivity contribution in [1.29, 1.82) is 0 Å². The predicted molar refractivity (Wildman–Crippen MR) is 107 cm³/mol. The van der Waals surface area contributed by atoms with Gasteiger partial charge in [0.1, 0.15) is 0 Å². The first-order valence-corrected chi connectivity index (χ1v) is 8.47. The molecule has 0 aliphatic heterocycles. The first-order valence-electron chi connectivity index (χ1n) is 8.47. The number of nitro groups is 1. The number of hydrogen-bond donors (Lipinski definition) is 2. The molecule has 140 valence electrons. The second-order valence-corrected chi connectivity index (χ2v) is 6.11. The van der Waals surface area contributed by atoms with Crippen molar-refractivity contribution in [3.8, 4) is 0 Å². The Morgan fingerprint density at radius 2 is 1.46 bits per heavy atom. The third kappa shape index (κ3) is 4.39. The van der Waals surface area contributed by atoms with Crippen LogP contribution in [0.25, 0.3) is 0 Å². The van der Waals surface area contributed by atoms with E-state index in [9.17, 15) is 19.7 Å². The number of amides is 2. The van der Waals surface area contributed by atoms with Gasteiger partial charge >= 0.3 is 0 Å². The number of nitrogens with one attached hydrogen (secondary N) is 2. The number of carbonyl (C=O) groups excluding carboxylic acids is 2. The van der Waals surface area contributed by atoms with Crippen molar-refractivity contribution in [1.82, 2.24) is 0 Å². The fourth-order valence-corrected chi connectivity index (χ4v) is 2.61. The Labute approximate surface area is 161 Å². The van der Waals surface area contributed by atoms with Crippen molar-refractivity contribution in [2.24, 2.45) is 0 Å². The number of non-ortho nitro benzene ring substituents is 1. The van der Waals surface area contributed by atoms with E-state index < -0.39 is 10.8 Å². The highest BCUT2D eigenvalue weighted by atomic mass is 16.6. The van der Waals surface area contributed by atoms with Crippen molar-refractivity contribution in [2.75, 3.05) is 10.6 Å². The third-order valence-corrected chi connectivity index (χ3v) is 4.10. The molecule has 3 rings (SSSR count). The van der Waals surface area contributed by atoms with E-state index >= 15 is 0 Å². The smallest absolute Gasteiger partial charge is 0.270 e. The summed E-state index contributed by atoms with van der Waals surface area (Å²) in [6.45, 7) is 1.89. The van der Waals surface area contributed by atoms with E-state index in [0.29, 0.717) is 16.9 Å². The highest BCUT2D eigenvalue weighted by Crippen LogP contribution is 2.18. The van der Waals surface area contributed by atoms with Crippen LogP contribution in [0.1, 0.15) is 26.3 Å². The Morgan fingerprint density at radius 1 is 0.821 bits per heavy atom. The van der Waals surface area contributed by atoms with E-state index in [1.165, 1.54) is 24.3 Å². The summed E-state index contributed by atoms with van der Waals surface area (Å²) in [5.74, 6) is -0.805. The highest BCUT2D eigenvalue weighted by Gasteiger charge is 2.13. The SMILES string of the molecule is Cc1ccccc1NC(=O)c1cccc(NC(=O)c2cccc([N+](=O)[O-])c2)c1. The van der Waals surface area contributed by atoms with E-state index in [0.717, 1.165) is 5.56 Å². The van der Waals surface area contributed by atoms with Crippen LogP contribution < -0.4 is 10.6 Å². The third-order valence-electron chi connectivity index (χ3n) is 4.10. The van der Waals surface area contributed by atoms with Gasteiger partial charge in [0.25, 0.3) is 17.5 Å². The molecule has 0 aliphatic rings. The van der Waals surface area contributed by atoms with Crippen LogP contribution in [0.4, 0.5) is 17.1 Å². The zero-order valence-corrected chi connectivity index (χ0v) is 15.0. The molecule has 2 N–H and O–H groups in total. The lowest BCUT2D eigenvalue weighted by atomic mass is 10.1. The van der Waals surface area contributed by atoms with Gasteiger partial charge in [0.05, 0.1) is 4.92 Å². The summed E-state index contributed by atoms with van der Waals surface area (Å²) < 4.78 is 0. The molecule has 0 radical (unpaired) electrons. The van der Waals surface area contributed by atoms with E-state index in [2.05, 4.69) is 10.6 Å². The molecule has 3 aromatic rings. The number of carbonyl (C=O) groups is 2. The van der Waals surface area contributed by atoms with Crippen LogP contribution in [0.2, 0.25) is 0 Å². The molecular weight excluding hydrogens is 358 g/mol. The zero-order chi connectivity index (χ0) is 20.1. The minimum Gasteiger partial charge on any atom is -0.322 e. The predicted octanol–water partition coefficient (Wildman–Crippen LogP) is 4.41. The Morgan fingerprint density at radius 3 is 2.18 bits per heavy atom. The zero-order valence-electron chi connectivity index (χ0n) is 15.0. The topological polar surface area (TPSA) is 101 Å². The Balaban J connectivity index is 1.75. The normalized spacial score (nSPS) is 10.2. The maximum atomic E-state index is 12.5. The molecule has 0 fully saturated rings. The molecule has 0 saturated heterocycles. The molecule has 2 amide bonds.